The highest BCUT2D eigenvalue weighted by Gasteiger charge is 2.72. The molecule has 3 fully saturated rings. The number of ether oxygens (including phenoxy) is 1. The quantitative estimate of drug-likeness (QED) is 0.336. The molecule has 2 aromatic rings. The molecule has 1 aliphatic carbocycles. The van der Waals surface area contributed by atoms with Gasteiger partial charge in [-0.25, -0.2) is 0 Å². The molecule has 2 bridgehead atoms. The highest BCUT2D eigenvalue weighted by molar-refractivity contribution is 7.98. The van der Waals surface area contributed by atoms with E-state index in [0.29, 0.717) is 22.5 Å². The maximum Gasteiger partial charge on any atom is 0.246 e. The van der Waals surface area contributed by atoms with Gasteiger partial charge in [-0.15, -0.1) is 11.8 Å². The standard InChI is InChI=1S/C32H36ClN3O4S/c1-18-6-4-9-24(19(18)2)35-30(38)28-32-15-14-25(40-32)26(29(37)34-22-7-5-8-23(16-22)41-3)27(32)31(39)36(28)17-20-10-12-21(33)13-11-20/h5,7-8,10-16,18-19,24-28H,4,6,9,17H2,1-3H3,(H,34,37)(H,35,38)/t18-,19-,24+,25-,26+,27-,28-,32-/m0/s1. The molecule has 2 aromatic carbocycles. The van der Waals surface area contributed by atoms with Gasteiger partial charge in [0.25, 0.3) is 0 Å². The average molecular weight is 594 g/mol. The number of anilines is 1. The van der Waals surface area contributed by atoms with Gasteiger partial charge in [0.05, 0.1) is 17.9 Å². The van der Waals surface area contributed by atoms with Crippen molar-refractivity contribution in [2.24, 2.45) is 23.7 Å². The molecule has 4 aliphatic rings. The monoisotopic (exact) mass is 593 g/mol. The van der Waals surface area contributed by atoms with Gasteiger partial charge in [0, 0.05) is 28.2 Å². The van der Waals surface area contributed by atoms with Crippen LogP contribution >= 0.6 is 23.4 Å². The number of nitrogens with one attached hydrogen (secondary N) is 2. The summed E-state index contributed by atoms with van der Waals surface area (Å²) in [5.74, 6) is -1.45. The molecule has 3 aliphatic heterocycles. The smallest absolute Gasteiger partial charge is 0.246 e. The minimum absolute atomic E-state index is 0.0274. The van der Waals surface area contributed by atoms with Crippen molar-refractivity contribution in [1.82, 2.24) is 10.2 Å². The zero-order valence-corrected chi connectivity index (χ0v) is 25.1. The van der Waals surface area contributed by atoms with E-state index in [1.165, 1.54) is 0 Å². The molecular weight excluding hydrogens is 558 g/mol. The number of likely N-dealkylation sites (tertiary alicyclic amines) is 1. The van der Waals surface area contributed by atoms with Gasteiger partial charge in [0.2, 0.25) is 17.7 Å². The van der Waals surface area contributed by atoms with E-state index in [1.54, 1.807) is 28.8 Å². The second-order valence-corrected chi connectivity index (χ2v) is 13.2. The number of halogens is 1. The largest absolute Gasteiger partial charge is 0.359 e. The predicted molar refractivity (Wildman–Crippen MR) is 160 cm³/mol. The van der Waals surface area contributed by atoms with Crippen molar-refractivity contribution in [2.45, 2.75) is 68.3 Å². The lowest BCUT2D eigenvalue weighted by Crippen LogP contribution is -2.57. The van der Waals surface area contributed by atoms with Crippen LogP contribution in [0.5, 0.6) is 0 Å². The van der Waals surface area contributed by atoms with Gasteiger partial charge < -0.3 is 20.3 Å². The van der Waals surface area contributed by atoms with Crippen molar-refractivity contribution >= 4 is 46.8 Å². The number of hydrogen-bond donors (Lipinski definition) is 2. The molecule has 41 heavy (non-hydrogen) atoms. The summed E-state index contributed by atoms with van der Waals surface area (Å²) in [5.41, 5.74) is 0.316. The first-order chi connectivity index (χ1) is 19.7. The Morgan fingerprint density at radius 1 is 1.12 bits per heavy atom. The third-order valence-corrected chi connectivity index (χ3v) is 10.5. The van der Waals surface area contributed by atoms with E-state index in [9.17, 15) is 14.4 Å². The normalized spacial score (nSPS) is 33.6. The lowest BCUT2D eigenvalue weighted by molar-refractivity contribution is -0.142. The van der Waals surface area contributed by atoms with Crippen LogP contribution in [0.15, 0.2) is 65.6 Å². The van der Waals surface area contributed by atoms with E-state index < -0.39 is 29.6 Å². The van der Waals surface area contributed by atoms with E-state index in [-0.39, 0.29) is 30.3 Å². The van der Waals surface area contributed by atoms with Crippen LogP contribution < -0.4 is 10.6 Å². The zero-order chi connectivity index (χ0) is 28.9. The van der Waals surface area contributed by atoms with Crippen LogP contribution in [0.3, 0.4) is 0 Å². The Bertz CT molecular complexity index is 1380. The van der Waals surface area contributed by atoms with Crippen molar-refractivity contribution in [3.8, 4) is 0 Å². The van der Waals surface area contributed by atoms with Crippen LogP contribution in [0.1, 0.15) is 38.7 Å². The van der Waals surface area contributed by atoms with Gasteiger partial charge in [0.15, 0.2) is 0 Å². The van der Waals surface area contributed by atoms with Crippen LogP contribution in [0.4, 0.5) is 5.69 Å². The zero-order valence-electron chi connectivity index (χ0n) is 23.5. The molecule has 8 atom stereocenters. The molecule has 0 aromatic heterocycles. The molecular formula is C32H36ClN3O4S. The summed E-state index contributed by atoms with van der Waals surface area (Å²) < 4.78 is 6.51. The minimum Gasteiger partial charge on any atom is -0.359 e. The average Bonchev–Trinajstić information content (AvgIpc) is 3.60. The number of carbonyl (C=O) groups excluding carboxylic acids is 3. The lowest BCUT2D eigenvalue weighted by atomic mass is 9.73. The molecule has 1 spiro atoms. The van der Waals surface area contributed by atoms with E-state index >= 15 is 0 Å². The SMILES string of the molecule is CSc1cccc(NC(=O)[C@@H]2[C@@H]3C=C[C@]4(O3)[C@@H]2C(=O)N(Cc2ccc(Cl)cc2)[C@H]4C(=O)N[C@@H]2CCC[C@H](C)[C@@H]2C)c1. The summed E-state index contributed by atoms with van der Waals surface area (Å²) in [5, 5.41) is 6.91. The Morgan fingerprint density at radius 3 is 2.66 bits per heavy atom. The van der Waals surface area contributed by atoms with Gasteiger partial charge in [-0.3, -0.25) is 14.4 Å². The fourth-order valence-electron chi connectivity index (χ4n) is 7.20. The molecule has 0 radical (unpaired) electrons. The summed E-state index contributed by atoms with van der Waals surface area (Å²) in [6.45, 7) is 4.63. The number of benzene rings is 2. The highest BCUT2D eigenvalue weighted by Crippen LogP contribution is 2.55. The predicted octanol–water partition coefficient (Wildman–Crippen LogP) is 5.29. The van der Waals surface area contributed by atoms with Crippen LogP contribution in [-0.4, -0.2) is 52.7 Å². The molecule has 9 heteroatoms. The summed E-state index contributed by atoms with van der Waals surface area (Å²) in [7, 11) is 0. The van der Waals surface area contributed by atoms with Crippen molar-refractivity contribution in [3.63, 3.8) is 0 Å². The number of thioether (sulfide) groups is 1. The first-order valence-electron chi connectivity index (χ1n) is 14.4. The Morgan fingerprint density at radius 2 is 1.90 bits per heavy atom. The topological polar surface area (TPSA) is 87.7 Å². The van der Waals surface area contributed by atoms with Crippen LogP contribution in [-0.2, 0) is 25.7 Å². The van der Waals surface area contributed by atoms with Crippen molar-refractivity contribution in [2.75, 3.05) is 11.6 Å². The number of nitrogens with zero attached hydrogens (tertiary/aromatic N) is 1. The fourth-order valence-corrected chi connectivity index (χ4v) is 7.78. The summed E-state index contributed by atoms with van der Waals surface area (Å²) in [6, 6.07) is 14.0. The first-order valence-corrected chi connectivity index (χ1v) is 16.0. The van der Waals surface area contributed by atoms with Crippen LogP contribution in [0.25, 0.3) is 0 Å². The minimum atomic E-state index is -1.20. The third-order valence-electron chi connectivity index (χ3n) is 9.56. The number of fused-ring (bicyclic) bond motifs is 1. The number of hydrogen-bond acceptors (Lipinski definition) is 5. The number of amides is 3. The lowest BCUT2D eigenvalue weighted by Gasteiger charge is -2.38. The Kier molecular flexibility index (Phi) is 7.68. The van der Waals surface area contributed by atoms with E-state index in [2.05, 4.69) is 24.5 Å². The summed E-state index contributed by atoms with van der Waals surface area (Å²) in [6.07, 6.45) is 8.22. The Labute approximate surface area is 250 Å². The van der Waals surface area contributed by atoms with Gasteiger partial charge in [-0.05, 0) is 60.4 Å². The molecule has 7 nitrogen and oxygen atoms in total. The maximum atomic E-state index is 14.3. The second-order valence-electron chi connectivity index (χ2n) is 11.9. The molecule has 6 rings (SSSR count). The molecule has 1 saturated carbocycles. The summed E-state index contributed by atoms with van der Waals surface area (Å²) >= 11 is 7.71. The van der Waals surface area contributed by atoms with Crippen LogP contribution in [0, 0.1) is 23.7 Å². The molecule has 0 unspecified atom stereocenters. The maximum absolute atomic E-state index is 14.3. The van der Waals surface area contributed by atoms with Gasteiger partial charge in [0.1, 0.15) is 11.6 Å². The van der Waals surface area contributed by atoms with Crippen molar-refractivity contribution in [1.29, 1.82) is 0 Å². The number of carbonyl (C=O) groups is 3. The molecule has 3 heterocycles. The second kappa shape index (κ2) is 11.1. The van der Waals surface area contributed by atoms with E-state index in [1.807, 2.05) is 54.8 Å². The van der Waals surface area contributed by atoms with Gasteiger partial charge in [-0.2, -0.15) is 0 Å². The molecule has 2 saturated heterocycles. The molecule has 2 N–H and O–H groups in total. The van der Waals surface area contributed by atoms with Crippen LogP contribution in [0.2, 0.25) is 5.02 Å². The highest BCUT2D eigenvalue weighted by atomic mass is 35.5. The van der Waals surface area contributed by atoms with Gasteiger partial charge >= 0.3 is 0 Å². The molecule has 3 amide bonds. The summed E-state index contributed by atoms with van der Waals surface area (Å²) in [4.78, 5) is 44.8. The van der Waals surface area contributed by atoms with Gasteiger partial charge in [-0.1, -0.05) is 68.6 Å². The molecule has 216 valence electrons. The Hall–Kier alpha value is -2.81. The van der Waals surface area contributed by atoms with Crippen molar-refractivity contribution < 1.29 is 19.1 Å². The van der Waals surface area contributed by atoms with E-state index in [4.69, 9.17) is 16.3 Å². The van der Waals surface area contributed by atoms with Crippen molar-refractivity contribution in [3.05, 3.63) is 71.3 Å². The fraction of sp³-hybridized carbons (Fsp3) is 0.469. The third kappa shape index (κ3) is 4.98. The number of rotatable bonds is 7. The first kappa shape index (κ1) is 28.3. The Balaban J connectivity index is 1.32. The van der Waals surface area contributed by atoms with E-state index in [0.717, 1.165) is 29.7 Å².